The van der Waals surface area contributed by atoms with Crippen LogP contribution in [0, 0.1) is 13.8 Å². The first-order valence-electron chi connectivity index (χ1n) is 9.43. The number of guanidine groups is 1. The number of hydrogen-bond donors (Lipinski definition) is 3. The number of anilines is 2. The van der Waals surface area contributed by atoms with Crippen LogP contribution in [0.25, 0.3) is 0 Å². The molecule has 3 aromatic rings. The summed E-state index contributed by atoms with van der Waals surface area (Å²) in [5.41, 5.74) is 2.38. The van der Waals surface area contributed by atoms with Crippen molar-refractivity contribution in [1.29, 1.82) is 0 Å². The fourth-order valence-electron chi connectivity index (χ4n) is 2.73. The Kier molecular flexibility index (Phi) is 7.74. The molecule has 0 saturated carbocycles. The van der Waals surface area contributed by atoms with E-state index in [9.17, 15) is 0 Å². The number of thiocarbonyl (C=S) groups is 1. The Morgan fingerprint density at radius 1 is 1.06 bits per heavy atom. The molecule has 0 bridgehead atoms. The van der Waals surface area contributed by atoms with Crippen LogP contribution in [0.1, 0.15) is 16.3 Å². The predicted molar refractivity (Wildman–Crippen MR) is 129 cm³/mol. The lowest BCUT2D eigenvalue weighted by Gasteiger charge is -2.16. The molecule has 0 unspecified atom stereocenters. The molecule has 0 aliphatic heterocycles. The van der Waals surface area contributed by atoms with Crippen LogP contribution in [0.15, 0.2) is 46.8 Å². The number of aryl methyl sites for hydroxylation is 2. The summed E-state index contributed by atoms with van der Waals surface area (Å²) in [6.07, 6.45) is 0. The Morgan fingerprint density at radius 3 is 2.48 bits per heavy atom. The van der Waals surface area contributed by atoms with E-state index in [2.05, 4.69) is 30.9 Å². The summed E-state index contributed by atoms with van der Waals surface area (Å²) >= 11 is 7.14. The van der Waals surface area contributed by atoms with Gasteiger partial charge in [0.05, 0.1) is 26.5 Å². The van der Waals surface area contributed by atoms with E-state index in [0.29, 0.717) is 40.8 Å². The topological polar surface area (TPSA) is 92.7 Å². The zero-order chi connectivity index (χ0) is 22.2. The van der Waals surface area contributed by atoms with E-state index in [1.165, 1.54) is 0 Å². The molecule has 2 aromatic heterocycles. The summed E-state index contributed by atoms with van der Waals surface area (Å²) in [4.78, 5) is 14.6. The van der Waals surface area contributed by atoms with Gasteiger partial charge in [-0.3, -0.25) is 5.32 Å². The second-order valence-electron chi connectivity index (χ2n) is 6.49. The highest BCUT2D eigenvalue weighted by Crippen LogP contribution is 2.28. The van der Waals surface area contributed by atoms with Gasteiger partial charge < -0.3 is 20.1 Å². The highest BCUT2D eigenvalue weighted by Gasteiger charge is 2.10. The van der Waals surface area contributed by atoms with Crippen LogP contribution in [0.2, 0.25) is 0 Å². The van der Waals surface area contributed by atoms with Gasteiger partial charge in [-0.2, -0.15) is 0 Å². The van der Waals surface area contributed by atoms with Crippen LogP contribution in [0.4, 0.5) is 11.6 Å². The van der Waals surface area contributed by atoms with Gasteiger partial charge in [0.2, 0.25) is 11.9 Å². The van der Waals surface area contributed by atoms with Gasteiger partial charge in [0, 0.05) is 22.3 Å². The summed E-state index contributed by atoms with van der Waals surface area (Å²) < 4.78 is 10.7. The van der Waals surface area contributed by atoms with E-state index >= 15 is 0 Å². The minimum Gasteiger partial charge on any atom is -0.497 e. The van der Waals surface area contributed by atoms with Crippen molar-refractivity contribution in [2.75, 3.05) is 24.9 Å². The predicted octanol–water partition coefficient (Wildman–Crippen LogP) is 4.13. The Hall–Kier alpha value is -3.24. The Bertz CT molecular complexity index is 1050. The molecule has 0 atom stereocenters. The quantitative estimate of drug-likeness (QED) is 0.290. The molecule has 0 fully saturated rings. The Labute approximate surface area is 190 Å². The average Bonchev–Trinajstić information content (AvgIpc) is 3.25. The van der Waals surface area contributed by atoms with E-state index in [0.717, 1.165) is 16.3 Å². The summed E-state index contributed by atoms with van der Waals surface area (Å²) in [6.45, 7) is 4.32. The number of ether oxygens (including phenoxy) is 2. The summed E-state index contributed by atoms with van der Waals surface area (Å²) in [6, 6.07) is 11.3. The highest BCUT2D eigenvalue weighted by atomic mass is 32.1. The number of rotatable bonds is 6. The van der Waals surface area contributed by atoms with Crippen LogP contribution in [-0.4, -0.2) is 35.3 Å². The number of methoxy groups -OCH3 is 2. The number of benzene rings is 1. The molecule has 162 valence electrons. The molecule has 3 N–H and O–H groups in total. The normalized spacial score (nSPS) is 11.0. The summed E-state index contributed by atoms with van der Waals surface area (Å²) in [5, 5.41) is 11.7. The molecule has 0 aliphatic carbocycles. The SMILES string of the molecule is COc1ccc(OC)c(NC(=S)NC(=NCc2cccs2)Nc2nc(C)cc(C)n2)c1. The third-order valence-corrected chi connectivity index (χ3v) is 5.14. The summed E-state index contributed by atoms with van der Waals surface area (Å²) in [7, 11) is 3.20. The molecule has 8 nitrogen and oxygen atoms in total. The third kappa shape index (κ3) is 6.63. The minimum absolute atomic E-state index is 0.327. The molecule has 0 spiro atoms. The van der Waals surface area contributed by atoms with Crippen molar-refractivity contribution < 1.29 is 9.47 Å². The molecule has 10 heteroatoms. The monoisotopic (exact) mass is 456 g/mol. The smallest absolute Gasteiger partial charge is 0.229 e. The fraction of sp³-hybridized carbons (Fsp3) is 0.238. The van der Waals surface area contributed by atoms with E-state index in [-0.39, 0.29) is 0 Å². The van der Waals surface area contributed by atoms with Gasteiger partial charge >= 0.3 is 0 Å². The van der Waals surface area contributed by atoms with Gasteiger partial charge in [-0.15, -0.1) is 11.3 Å². The molecule has 0 saturated heterocycles. The summed E-state index contributed by atoms with van der Waals surface area (Å²) in [5.74, 6) is 2.18. The molecule has 3 rings (SSSR count). The Balaban J connectivity index is 1.78. The van der Waals surface area contributed by atoms with Crippen molar-refractivity contribution >= 4 is 46.3 Å². The zero-order valence-corrected chi connectivity index (χ0v) is 19.4. The highest BCUT2D eigenvalue weighted by molar-refractivity contribution is 7.80. The molecule has 2 heterocycles. The minimum atomic E-state index is 0.327. The number of aliphatic imine (C=N–C) groups is 1. The molecule has 0 radical (unpaired) electrons. The second kappa shape index (κ2) is 10.7. The van der Waals surface area contributed by atoms with Crippen molar-refractivity contribution in [2.24, 2.45) is 4.99 Å². The van der Waals surface area contributed by atoms with Crippen molar-refractivity contribution in [1.82, 2.24) is 15.3 Å². The first-order chi connectivity index (χ1) is 15.0. The van der Waals surface area contributed by atoms with Gasteiger partial charge in [0.15, 0.2) is 5.11 Å². The van der Waals surface area contributed by atoms with Crippen molar-refractivity contribution in [3.05, 3.63) is 58.0 Å². The number of thiophene rings is 1. The number of nitrogens with zero attached hydrogens (tertiary/aromatic N) is 3. The lowest BCUT2D eigenvalue weighted by atomic mass is 10.2. The van der Waals surface area contributed by atoms with E-state index in [1.54, 1.807) is 37.7 Å². The number of aromatic nitrogens is 2. The van der Waals surface area contributed by atoms with Gasteiger partial charge in [0.1, 0.15) is 11.5 Å². The first-order valence-corrected chi connectivity index (χ1v) is 10.7. The van der Waals surface area contributed by atoms with Crippen molar-refractivity contribution in [3.63, 3.8) is 0 Å². The van der Waals surface area contributed by atoms with Crippen molar-refractivity contribution in [2.45, 2.75) is 20.4 Å². The largest absolute Gasteiger partial charge is 0.497 e. The molecular weight excluding hydrogens is 432 g/mol. The average molecular weight is 457 g/mol. The van der Waals surface area contributed by atoms with Crippen LogP contribution in [-0.2, 0) is 6.54 Å². The Morgan fingerprint density at radius 2 is 1.84 bits per heavy atom. The maximum Gasteiger partial charge on any atom is 0.229 e. The molecule has 1 aromatic carbocycles. The zero-order valence-electron chi connectivity index (χ0n) is 17.7. The maximum atomic E-state index is 5.50. The van der Waals surface area contributed by atoms with Crippen LogP contribution < -0.4 is 25.4 Å². The lowest BCUT2D eigenvalue weighted by Crippen LogP contribution is -2.39. The van der Waals surface area contributed by atoms with Gasteiger partial charge in [-0.25, -0.2) is 15.0 Å². The van der Waals surface area contributed by atoms with E-state index < -0.39 is 0 Å². The van der Waals surface area contributed by atoms with Gasteiger partial charge in [-0.05, 0) is 55.7 Å². The molecule has 0 aliphatic rings. The first kappa shape index (κ1) is 22.4. The van der Waals surface area contributed by atoms with Gasteiger partial charge in [0.25, 0.3) is 0 Å². The maximum absolute atomic E-state index is 5.50. The van der Waals surface area contributed by atoms with Crippen LogP contribution in [0.3, 0.4) is 0 Å². The third-order valence-electron chi connectivity index (χ3n) is 4.07. The lowest BCUT2D eigenvalue weighted by molar-refractivity contribution is 0.405. The van der Waals surface area contributed by atoms with E-state index in [1.807, 2.05) is 43.5 Å². The number of hydrogen-bond acceptors (Lipinski definition) is 7. The molecule has 0 amide bonds. The van der Waals surface area contributed by atoms with Gasteiger partial charge in [-0.1, -0.05) is 6.07 Å². The molecule has 31 heavy (non-hydrogen) atoms. The van der Waals surface area contributed by atoms with Crippen LogP contribution in [0.5, 0.6) is 11.5 Å². The molecular formula is C21H24N6O2S2. The van der Waals surface area contributed by atoms with Crippen molar-refractivity contribution in [3.8, 4) is 11.5 Å². The van der Waals surface area contributed by atoms with Crippen LogP contribution >= 0.6 is 23.6 Å². The fourth-order valence-corrected chi connectivity index (χ4v) is 3.57. The number of nitrogens with one attached hydrogen (secondary N) is 3. The second-order valence-corrected chi connectivity index (χ2v) is 7.93. The standard InChI is InChI=1S/C21H24N6O2S2/c1-13-10-14(2)24-20(23-13)26-19(22-12-16-6-5-9-31-16)27-21(30)25-17-11-15(28-3)7-8-18(17)29-4/h5-11H,12H2,1-4H3,(H3,22,23,24,25,26,27,30). The van der Waals surface area contributed by atoms with E-state index in [4.69, 9.17) is 21.7 Å².